The summed E-state index contributed by atoms with van der Waals surface area (Å²) in [7, 11) is 0. The maximum Gasteiger partial charge on any atom is 0.315 e. The topological polar surface area (TPSA) is 78.4 Å². The van der Waals surface area contributed by atoms with Crippen molar-refractivity contribution in [3.8, 4) is 0 Å². The second-order valence-electron chi connectivity index (χ2n) is 4.49. The molecule has 1 unspecified atom stereocenters. The summed E-state index contributed by atoms with van der Waals surface area (Å²) in [6.45, 7) is 6.38. The molecule has 106 valence electrons. The van der Waals surface area contributed by atoms with E-state index in [1.54, 1.807) is 11.3 Å². The van der Waals surface area contributed by atoms with Crippen LogP contribution in [0.3, 0.4) is 0 Å². The van der Waals surface area contributed by atoms with Crippen molar-refractivity contribution in [1.29, 1.82) is 0 Å². The van der Waals surface area contributed by atoms with Crippen LogP contribution in [0.1, 0.15) is 41.1 Å². The molecular formula is C13H20N2O3S. The largest absolute Gasteiger partial charge is 0.481 e. The Hall–Kier alpha value is -1.56. The van der Waals surface area contributed by atoms with Crippen LogP contribution in [0, 0.1) is 13.8 Å². The Kier molecular flexibility index (Phi) is 5.82. The zero-order chi connectivity index (χ0) is 14.4. The minimum Gasteiger partial charge on any atom is -0.481 e. The van der Waals surface area contributed by atoms with Gasteiger partial charge in [-0.3, -0.25) is 4.79 Å². The number of urea groups is 1. The van der Waals surface area contributed by atoms with Crippen LogP contribution in [0.15, 0.2) is 6.07 Å². The first-order chi connectivity index (χ1) is 8.90. The third-order valence-corrected chi connectivity index (χ3v) is 3.73. The van der Waals surface area contributed by atoms with E-state index in [4.69, 9.17) is 5.11 Å². The van der Waals surface area contributed by atoms with Crippen LogP contribution in [0.4, 0.5) is 4.79 Å². The van der Waals surface area contributed by atoms with E-state index < -0.39 is 5.97 Å². The van der Waals surface area contributed by atoms with Crippen molar-refractivity contribution in [3.05, 3.63) is 21.4 Å². The van der Waals surface area contributed by atoms with Gasteiger partial charge in [0, 0.05) is 22.7 Å². The highest BCUT2D eigenvalue weighted by Crippen LogP contribution is 2.25. The van der Waals surface area contributed by atoms with Crippen LogP contribution in [-0.2, 0) is 4.79 Å². The van der Waals surface area contributed by atoms with Gasteiger partial charge in [-0.2, -0.15) is 0 Å². The van der Waals surface area contributed by atoms with Gasteiger partial charge in [0.05, 0.1) is 6.04 Å². The van der Waals surface area contributed by atoms with Gasteiger partial charge in [-0.25, -0.2) is 4.79 Å². The lowest BCUT2D eigenvalue weighted by Crippen LogP contribution is -2.37. The summed E-state index contributed by atoms with van der Waals surface area (Å²) in [6, 6.07) is 1.76. The molecule has 1 atom stereocenters. The van der Waals surface area contributed by atoms with E-state index in [1.807, 2.05) is 20.8 Å². The molecule has 1 aromatic heterocycles. The Labute approximate surface area is 117 Å². The van der Waals surface area contributed by atoms with Crippen molar-refractivity contribution in [2.45, 2.75) is 39.7 Å². The number of carboxylic acids is 1. The van der Waals surface area contributed by atoms with Crippen LogP contribution >= 0.6 is 11.3 Å². The fraction of sp³-hybridized carbons (Fsp3) is 0.538. The molecule has 5 nitrogen and oxygen atoms in total. The highest BCUT2D eigenvalue weighted by Gasteiger charge is 2.13. The molecule has 0 radical (unpaired) electrons. The number of aryl methyl sites for hydroxylation is 2. The van der Waals surface area contributed by atoms with Crippen molar-refractivity contribution in [1.82, 2.24) is 10.6 Å². The minimum atomic E-state index is -0.847. The highest BCUT2D eigenvalue weighted by molar-refractivity contribution is 7.12. The summed E-state index contributed by atoms with van der Waals surface area (Å²) in [6.07, 6.45) is 0.506. The van der Waals surface area contributed by atoms with Crippen molar-refractivity contribution >= 4 is 23.3 Å². The minimum absolute atomic E-state index is 0.0515. The highest BCUT2D eigenvalue weighted by atomic mass is 32.1. The van der Waals surface area contributed by atoms with Gasteiger partial charge < -0.3 is 15.7 Å². The first-order valence-corrected chi connectivity index (χ1v) is 7.05. The Morgan fingerprint density at radius 2 is 2.11 bits per heavy atom. The maximum absolute atomic E-state index is 11.6. The fourth-order valence-corrected chi connectivity index (χ4v) is 2.87. The monoisotopic (exact) mass is 284 g/mol. The number of carboxylic acid groups (broad SMARTS) is 1. The number of hydrogen-bond acceptors (Lipinski definition) is 3. The lowest BCUT2D eigenvalue weighted by atomic mass is 10.1. The number of rotatable bonds is 6. The zero-order valence-corrected chi connectivity index (χ0v) is 12.3. The quantitative estimate of drug-likeness (QED) is 0.703. The summed E-state index contributed by atoms with van der Waals surface area (Å²) in [5.74, 6) is -0.847. The molecule has 0 bridgehead atoms. The molecule has 1 rings (SSSR count). The van der Waals surface area contributed by atoms with E-state index in [0.717, 1.165) is 5.56 Å². The molecule has 19 heavy (non-hydrogen) atoms. The molecule has 1 aromatic rings. The maximum atomic E-state index is 11.6. The average Bonchev–Trinajstić information content (AvgIpc) is 2.64. The number of carbonyl (C=O) groups excluding carboxylic acids is 1. The van der Waals surface area contributed by atoms with Gasteiger partial charge in [0.2, 0.25) is 0 Å². The molecular weight excluding hydrogens is 264 g/mol. The van der Waals surface area contributed by atoms with E-state index in [1.165, 1.54) is 9.75 Å². The van der Waals surface area contributed by atoms with Gasteiger partial charge in [-0.1, -0.05) is 0 Å². The first kappa shape index (κ1) is 15.5. The molecule has 0 saturated carbocycles. The summed E-state index contributed by atoms with van der Waals surface area (Å²) in [4.78, 5) is 24.4. The molecule has 2 amide bonds. The van der Waals surface area contributed by atoms with Crippen LogP contribution in [-0.4, -0.2) is 23.7 Å². The van der Waals surface area contributed by atoms with Gasteiger partial charge >= 0.3 is 12.0 Å². The standard InChI is InChI=1S/C13H20N2O3S/c1-8-7-11(10(3)19-8)9(2)15-13(18)14-6-4-5-12(16)17/h7,9H,4-6H2,1-3H3,(H,16,17)(H2,14,15,18). The average molecular weight is 284 g/mol. The Balaban J connectivity index is 2.36. The van der Waals surface area contributed by atoms with Crippen molar-refractivity contribution in [3.63, 3.8) is 0 Å². The molecule has 3 N–H and O–H groups in total. The van der Waals surface area contributed by atoms with Gasteiger partial charge in [-0.05, 0) is 38.8 Å². The van der Waals surface area contributed by atoms with E-state index in [2.05, 4.69) is 16.7 Å². The van der Waals surface area contributed by atoms with E-state index >= 15 is 0 Å². The van der Waals surface area contributed by atoms with Gasteiger partial charge in [-0.15, -0.1) is 11.3 Å². The first-order valence-electron chi connectivity index (χ1n) is 6.23. The van der Waals surface area contributed by atoms with Crippen LogP contribution in [0.25, 0.3) is 0 Å². The van der Waals surface area contributed by atoms with Crippen molar-refractivity contribution < 1.29 is 14.7 Å². The molecule has 0 saturated heterocycles. The third-order valence-electron chi connectivity index (χ3n) is 2.75. The molecule has 0 aliphatic carbocycles. The summed E-state index contributed by atoms with van der Waals surface area (Å²) < 4.78 is 0. The number of nitrogens with one attached hydrogen (secondary N) is 2. The van der Waals surface area contributed by atoms with Crippen LogP contribution in [0.2, 0.25) is 0 Å². The molecule has 0 aromatic carbocycles. The SMILES string of the molecule is Cc1cc(C(C)NC(=O)NCCCC(=O)O)c(C)s1. The third kappa shape index (κ3) is 5.30. The van der Waals surface area contributed by atoms with E-state index in [9.17, 15) is 9.59 Å². The predicted octanol–water partition coefficient (Wildman–Crippen LogP) is 2.59. The number of hydrogen-bond donors (Lipinski definition) is 3. The fourth-order valence-electron chi connectivity index (χ4n) is 1.85. The number of thiophene rings is 1. The molecule has 0 spiro atoms. The van der Waals surface area contributed by atoms with Crippen molar-refractivity contribution in [2.24, 2.45) is 0 Å². The summed E-state index contributed by atoms with van der Waals surface area (Å²) in [5, 5.41) is 14.0. The summed E-state index contributed by atoms with van der Waals surface area (Å²) >= 11 is 1.71. The molecule has 0 fully saturated rings. The van der Waals surface area contributed by atoms with E-state index in [0.29, 0.717) is 13.0 Å². The lowest BCUT2D eigenvalue weighted by Gasteiger charge is -2.14. The molecule has 6 heteroatoms. The Morgan fingerprint density at radius 3 is 2.63 bits per heavy atom. The lowest BCUT2D eigenvalue weighted by molar-refractivity contribution is -0.137. The van der Waals surface area contributed by atoms with Gasteiger partial charge in [0.25, 0.3) is 0 Å². The molecule has 1 heterocycles. The normalized spacial score (nSPS) is 11.9. The van der Waals surface area contributed by atoms with Gasteiger partial charge in [0.15, 0.2) is 0 Å². The Morgan fingerprint density at radius 1 is 1.42 bits per heavy atom. The summed E-state index contributed by atoms with van der Waals surface area (Å²) in [5.41, 5.74) is 1.13. The molecule has 0 aliphatic heterocycles. The number of carbonyl (C=O) groups is 2. The predicted molar refractivity (Wildman–Crippen MR) is 75.6 cm³/mol. The second-order valence-corrected chi connectivity index (χ2v) is 5.95. The number of aliphatic carboxylic acids is 1. The second kappa shape index (κ2) is 7.13. The van der Waals surface area contributed by atoms with Crippen LogP contribution in [0.5, 0.6) is 0 Å². The van der Waals surface area contributed by atoms with Crippen molar-refractivity contribution in [2.75, 3.05) is 6.54 Å². The Bertz CT molecular complexity index is 457. The molecule has 0 aliphatic rings. The zero-order valence-electron chi connectivity index (χ0n) is 11.4. The van der Waals surface area contributed by atoms with Crippen LogP contribution < -0.4 is 10.6 Å². The number of amides is 2. The van der Waals surface area contributed by atoms with Gasteiger partial charge in [0.1, 0.15) is 0 Å². The smallest absolute Gasteiger partial charge is 0.315 e. The van der Waals surface area contributed by atoms with E-state index in [-0.39, 0.29) is 18.5 Å².